The van der Waals surface area contributed by atoms with Gasteiger partial charge in [-0.1, -0.05) is 25.8 Å². The maximum atomic E-state index is 6.04. The van der Waals surface area contributed by atoms with E-state index in [-0.39, 0.29) is 5.60 Å². The molecule has 0 aromatic rings. The Balaban J connectivity index is 2.02. The SMILES string of the molecule is CCCCC1(C2=CCC2)CNCCO1. The predicted octanol–water partition coefficient (Wildman–Crippen LogP) is 2.26. The lowest BCUT2D eigenvalue weighted by Gasteiger charge is -2.42. The van der Waals surface area contributed by atoms with Crippen molar-refractivity contribution >= 4 is 0 Å². The Bertz CT molecular complexity index is 216. The number of hydrogen-bond acceptors (Lipinski definition) is 2. The van der Waals surface area contributed by atoms with E-state index in [2.05, 4.69) is 18.3 Å². The van der Waals surface area contributed by atoms with Crippen LogP contribution in [0.3, 0.4) is 0 Å². The molecule has 2 aliphatic rings. The summed E-state index contributed by atoms with van der Waals surface area (Å²) in [6.07, 6.45) is 8.61. The minimum atomic E-state index is 0.0759. The number of ether oxygens (including phenoxy) is 1. The first kappa shape index (κ1) is 10.2. The van der Waals surface area contributed by atoms with Crippen molar-refractivity contribution < 1.29 is 4.74 Å². The molecule has 1 aliphatic heterocycles. The standard InChI is InChI=1S/C12H21NO/c1-2-3-7-12(11-5-4-6-11)10-13-8-9-14-12/h5,13H,2-4,6-10H2,1H3. The van der Waals surface area contributed by atoms with Gasteiger partial charge in [-0.25, -0.2) is 0 Å². The van der Waals surface area contributed by atoms with E-state index in [0.29, 0.717) is 0 Å². The second-order valence-corrected chi connectivity index (χ2v) is 4.39. The molecular formula is C12H21NO. The Kier molecular flexibility index (Phi) is 3.24. The van der Waals surface area contributed by atoms with E-state index in [1.807, 2.05) is 0 Å². The first-order valence-electron chi connectivity index (χ1n) is 5.91. The molecule has 1 unspecified atom stereocenters. The van der Waals surface area contributed by atoms with E-state index in [1.165, 1.54) is 32.1 Å². The van der Waals surface area contributed by atoms with Crippen LogP contribution in [0.25, 0.3) is 0 Å². The maximum Gasteiger partial charge on any atom is 0.102 e. The van der Waals surface area contributed by atoms with Gasteiger partial charge in [0.2, 0.25) is 0 Å². The smallest absolute Gasteiger partial charge is 0.102 e. The van der Waals surface area contributed by atoms with Gasteiger partial charge in [-0.05, 0) is 24.8 Å². The van der Waals surface area contributed by atoms with Crippen LogP contribution in [0.2, 0.25) is 0 Å². The van der Waals surface area contributed by atoms with Gasteiger partial charge in [-0.3, -0.25) is 0 Å². The molecule has 0 radical (unpaired) electrons. The number of allylic oxidation sites excluding steroid dienone is 1. The molecule has 1 heterocycles. The van der Waals surface area contributed by atoms with Gasteiger partial charge in [-0.2, -0.15) is 0 Å². The van der Waals surface area contributed by atoms with Crippen molar-refractivity contribution in [2.24, 2.45) is 0 Å². The fourth-order valence-corrected chi connectivity index (χ4v) is 2.35. The number of unbranched alkanes of at least 4 members (excludes halogenated alkanes) is 1. The highest BCUT2D eigenvalue weighted by molar-refractivity contribution is 5.26. The van der Waals surface area contributed by atoms with Gasteiger partial charge >= 0.3 is 0 Å². The van der Waals surface area contributed by atoms with Gasteiger partial charge in [0, 0.05) is 13.1 Å². The van der Waals surface area contributed by atoms with Crippen molar-refractivity contribution in [1.29, 1.82) is 0 Å². The van der Waals surface area contributed by atoms with Gasteiger partial charge in [-0.15, -0.1) is 0 Å². The normalized spacial score (nSPS) is 32.2. The van der Waals surface area contributed by atoms with Crippen LogP contribution < -0.4 is 5.32 Å². The van der Waals surface area contributed by atoms with E-state index < -0.39 is 0 Å². The third kappa shape index (κ3) is 1.86. The average Bonchev–Trinajstić information content (AvgIpc) is 2.14. The number of rotatable bonds is 4. The van der Waals surface area contributed by atoms with Gasteiger partial charge in [0.15, 0.2) is 0 Å². The Labute approximate surface area is 86.7 Å². The Morgan fingerprint density at radius 3 is 2.93 bits per heavy atom. The summed E-state index contributed by atoms with van der Waals surface area (Å²) in [5.74, 6) is 0. The number of hydrogen-bond donors (Lipinski definition) is 1. The second-order valence-electron chi connectivity index (χ2n) is 4.39. The van der Waals surface area contributed by atoms with Crippen LogP contribution in [-0.2, 0) is 4.74 Å². The highest BCUT2D eigenvalue weighted by atomic mass is 16.5. The first-order chi connectivity index (χ1) is 6.87. The molecule has 2 heteroatoms. The van der Waals surface area contributed by atoms with E-state index >= 15 is 0 Å². The quantitative estimate of drug-likeness (QED) is 0.695. The highest BCUT2D eigenvalue weighted by Gasteiger charge is 2.37. The van der Waals surface area contributed by atoms with Crippen LogP contribution in [0, 0.1) is 0 Å². The summed E-state index contributed by atoms with van der Waals surface area (Å²) < 4.78 is 6.04. The van der Waals surface area contributed by atoms with Crippen LogP contribution >= 0.6 is 0 Å². The van der Waals surface area contributed by atoms with Gasteiger partial charge in [0.1, 0.15) is 5.60 Å². The minimum absolute atomic E-state index is 0.0759. The molecule has 0 amide bonds. The van der Waals surface area contributed by atoms with Crippen molar-refractivity contribution in [2.45, 2.75) is 44.6 Å². The third-order valence-electron chi connectivity index (χ3n) is 3.39. The number of morpholine rings is 1. The molecule has 0 bridgehead atoms. The summed E-state index contributed by atoms with van der Waals surface area (Å²) in [4.78, 5) is 0. The molecule has 0 aromatic carbocycles. The summed E-state index contributed by atoms with van der Waals surface area (Å²) in [6, 6.07) is 0. The molecule has 1 fully saturated rings. The largest absolute Gasteiger partial charge is 0.368 e. The van der Waals surface area contributed by atoms with Crippen LogP contribution in [0.5, 0.6) is 0 Å². The van der Waals surface area contributed by atoms with Crippen molar-refractivity contribution in [1.82, 2.24) is 5.32 Å². The van der Waals surface area contributed by atoms with Crippen molar-refractivity contribution in [2.75, 3.05) is 19.7 Å². The maximum absolute atomic E-state index is 6.04. The van der Waals surface area contributed by atoms with Crippen LogP contribution in [0.1, 0.15) is 39.0 Å². The van der Waals surface area contributed by atoms with E-state index in [9.17, 15) is 0 Å². The molecular weight excluding hydrogens is 174 g/mol. The lowest BCUT2D eigenvalue weighted by molar-refractivity contribution is -0.0497. The zero-order valence-electron chi connectivity index (χ0n) is 9.14. The monoisotopic (exact) mass is 195 g/mol. The Morgan fingerprint density at radius 1 is 1.57 bits per heavy atom. The summed E-state index contributed by atoms with van der Waals surface area (Å²) in [5, 5.41) is 3.47. The average molecular weight is 195 g/mol. The van der Waals surface area contributed by atoms with E-state index in [4.69, 9.17) is 4.74 Å². The van der Waals surface area contributed by atoms with E-state index in [1.54, 1.807) is 5.57 Å². The zero-order valence-corrected chi connectivity index (χ0v) is 9.14. The predicted molar refractivity (Wildman–Crippen MR) is 58.4 cm³/mol. The van der Waals surface area contributed by atoms with Crippen LogP contribution in [0.15, 0.2) is 11.6 Å². The topological polar surface area (TPSA) is 21.3 Å². The summed E-state index contributed by atoms with van der Waals surface area (Å²) in [6.45, 7) is 5.17. The van der Waals surface area contributed by atoms with Crippen molar-refractivity contribution in [3.63, 3.8) is 0 Å². The van der Waals surface area contributed by atoms with Crippen LogP contribution in [-0.4, -0.2) is 25.3 Å². The molecule has 14 heavy (non-hydrogen) atoms. The fourth-order valence-electron chi connectivity index (χ4n) is 2.35. The number of nitrogens with one attached hydrogen (secondary N) is 1. The minimum Gasteiger partial charge on any atom is -0.368 e. The lowest BCUT2D eigenvalue weighted by Crippen LogP contribution is -2.51. The Hall–Kier alpha value is -0.340. The molecule has 1 saturated heterocycles. The fraction of sp³-hybridized carbons (Fsp3) is 0.833. The molecule has 1 atom stereocenters. The second kappa shape index (κ2) is 4.45. The molecule has 2 nitrogen and oxygen atoms in total. The highest BCUT2D eigenvalue weighted by Crippen LogP contribution is 2.37. The summed E-state index contributed by atoms with van der Waals surface area (Å²) >= 11 is 0. The molecule has 0 aromatic heterocycles. The van der Waals surface area contributed by atoms with Gasteiger partial charge < -0.3 is 10.1 Å². The molecule has 0 saturated carbocycles. The molecule has 80 valence electrons. The zero-order chi connectivity index (χ0) is 9.86. The third-order valence-corrected chi connectivity index (χ3v) is 3.39. The molecule has 1 N–H and O–H groups in total. The van der Waals surface area contributed by atoms with Gasteiger partial charge in [0.05, 0.1) is 6.61 Å². The molecule has 2 rings (SSSR count). The Morgan fingerprint density at radius 2 is 2.43 bits per heavy atom. The van der Waals surface area contributed by atoms with E-state index in [0.717, 1.165) is 19.7 Å². The summed E-state index contributed by atoms with van der Waals surface area (Å²) in [5.41, 5.74) is 1.63. The molecule has 0 spiro atoms. The van der Waals surface area contributed by atoms with Crippen LogP contribution in [0.4, 0.5) is 0 Å². The van der Waals surface area contributed by atoms with Crippen molar-refractivity contribution in [3.8, 4) is 0 Å². The molecule has 1 aliphatic carbocycles. The summed E-state index contributed by atoms with van der Waals surface area (Å²) in [7, 11) is 0. The van der Waals surface area contributed by atoms with Crippen molar-refractivity contribution in [3.05, 3.63) is 11.6 Å². The first-order valence-corrected chi connectivity index (χ1v) is 5.91. The lowest BCUT2D eigenvalue weighted by atomic mass is 9.79. The van der Waals surface area contributed by atoms with Gasteiger partial charge in [0.25, 0.3) is 0 Å².